The van der Waals surface area contributed by atoms with Crippen LogP contribution < -0.4 is 0 Å². The first-order valence-corrected chi connectivity index (χ1v) is 4.42. The van der Waals surface area contributed by atoms with Crippen molar-refractivity contribution in [3.05, 3.63) is 41.0 Å². The number of benzene rings is 1. The van der Waals surface area contributed by atoms with E-state index in [0.717, 1.165) is 12.0 Å². The van der Waals surface area contributed by atoms with Crippen LogP contribution in [0, 0.1) is 0 Å². The van der Waals surface area contributed by atoms with E-state index in [1.165, 1.54) is 11.1 Å². The number of allylic oxidation sites excluding steroid dienone is 2. The molecule has 0 bridgehead atoms. The molecule has 0 aliphatic heterocycles. The topological polar surface area (TPSA) is 17.1 Å². The first-order valence-electron chi connectivity index (χ1n) is 4.42. The van der Waals surface area contributed by atoms with E-state index in [1.54, 1.807) is 0 Å². The molecule has 0 saturated carbocycles. The van der Waals surface area contributed by atoms with Crippen LogP contribution in [0.25, 0.3) is 11.6 Å². The Morgan fingerprint density at radius 2 is 2.15 bits per heavy atom. The van der Waals surface area contributed by atoms with E-state index in [-0.39, 0.29) is 0 Å². The lowest BCUT2D eigenvalue weighted by molar-refractivity contribution is 0.569. The van der Waals surface area contributed by atoms with Crippen molar-refractivity contribution in [2.45, 2.75) is 13.3 Å². The van der Waals surface area contributed by atoms with E-state index in [9.17, 15) is 4.79 Å². The molecular formula is C12H10O. The van der Waals surface area contributed by atoms with Crippen molar-refractivity contribution in [3.63, 3.8) is 0 Å². The number of fused-ring (bicyclic) bond motifs is 1. The van der Waals surface area contributed by atoms with Gasteiger partial charge in [-0.1, -0.05) is 31.2 Å². The molecular weight excluding hydrogens is 160 g/mol. The highest BCUT2D eigenvalue weighted by atomic mass is 16.1. The van der Waals surface area contributed by atoms with Gasteiger partial charge < -0.3 is 0 Å². The van der Waals surface area contributed by atoms with Crippen molar-refractivity contribution in [2.24, 2.45) is 0 Å². The third kappa shape index (κ3) is 1.14. The molecule has 1 nitrogen and oxygen atoms in total. The maximum atomic E-state index is 10.6. The number of carbonyl (C=O) groups excluding carboxylic acids is 1. The molecule has 1 aromatic carbocycles. The summed E-state index contributed by atoms with van der Waals surface area (Å²) >= 11 is 0. The van der Waals surface area contributed by atoms with E-state index in [4.69, 9.17) is 0 Å². The number of hydrogen-bond donors (Lipinski definition) is 0. The molecule has 0 saturated heterocycles. The van der Waals surface area contributed by atoms with Crippen molar-refractivity contribution in [1.82, 2.24) is 0 Å². The predicted octanol–water partition coefficient (Wildman–Crippen LogP) is 2.49. The van der Waals surface area contributed by atoms with Crippen molar-refractivity contribution < 1.29 is 4.79 Å². The molecule has 0 spiro atoms. The number of rotatable bonds is 1. The van der Waals surface area contributed by atoms with Crippen LogP contribution in [-0.4, -0.2) is 5.94 Å². The third-order valence-electron chi connectivity index (χ3n) is 2.39. The normalized spacial score (nSPS) is 12.8. The molecule has 64 valence electrons. The highest BCUT2D eigenvalue weighted by Gasteiger charge is 2.12. The Hall–Kier alpha value is -1.59. The standard InChI is InChI=1S/C12H10O/c1-2-9-4-3-5-11-10(8-13)6-7-12(9)11/h3-7H,2H2,1H3. The van der Waals surface area contributed by atoms with E-state index in [0.29, 0.717) is 5.57 Å². The predicted molar refractivity (Wildman–Crippen MR) is 54.0 cm³/mol. The molecule has 0 fully saturated rings. The van der Waals surface area contributed by atoms with Gasteiger partial charge in [0.05, 0.1) is 5.57 Å². The minimum absolute atomic E-state index is 0.672. The summed E-state index contributed by atoms with van der Waals surface area (Å²) < 4.78 is 0. The zero-order valence-corrected chi connectivity index (χ0v) is 7.50. The minimum atomic E-state index is 0.672. The first-order chi connectivity index (χ1) is 6.36. The molecule has 0 unspecified atom stereocenters. The Morgan fingerprint density at radius 1 is 1.31 bits per heavy atom. The van der Waals surface area contributed by atoms with Gasteiger partial charge in [-0.15, -0.1) is 0 Å². The van der Waals surface area contributed by atoms with Crippen LogP contribution in [0.2, 0.25) is 0 Å². The molecule has 1 aliphatic rings. The fourth-order valence-corrected chi connectivity index (χ4v) is 1.70. The summed E-state index contributed by atoms with van der Waals surface area (Å²) in [6.07, 6.45) is 4.82. The van der Waals surface area contributed by atoms with E-state index >= 15 is 0 Å². The van der Waals surface area contributed by atoms with Crippen LogP contribution in [0.1, 0.15) is 23.6 Å². The molecule has 0 heterocycles. The Balaban J connectivity index is 2.68. The average Bonchev–Trinajstić information content (AvgIpc) is 2.60. The van der Waals surface area contributed by atoms with Crippen LogP contribution >= 0.6 is 0 Å². The molecule has 0 aromatic heterocycles. The number of hydrogen-bond acceptors (Lipinski definition) is 1. The highest BCUT2D eigenvalue weighted by Crippen LogP contribution is 2.29. The van der Waals surface area contributed by atoms with E-state index in [2.05, 4.69) is 13.0 Å². The summed E-state index contributed by atoms with van der Waals surface area (Å²) in [6, 6.07) is 6.05. The Bertz CT molecular complexity index is 421. The van der Waals surface area contributed by atoms with Crippen LogP contribution in [0.4, 0.5) is 0 Å². The lowest BCUT2D eigenvalue weighted by Gasteiger charge is -2.03. The Kier molecular flexibility index (Phi) is 1.88. The van der Waals surface area contributed by atoms with Gasteiger partial charge >= 0.3 is 0 Å². The second-order valence-corrected chi connectivity index (χ2v) is 3.08. The Labute approximate surface area is 77.4 Å². The van der Waals surface area contributed by atoms with E-state index in [1.807, 2.05) is 30.2 Å². The molecule has 13 heavy (non-hydrogen) atoms. The van der Waals surface area contributed by atoms with Gasteiger partial charge in [-0.25, -0.2) is 4.79 Å². The van der Waals surface area contributed by atoms with Crippen LogP contribution in [-0.2, 0) is 11.2 Å². The Morgan fingerprint density at radius 3 is 2.85 bits per heavy atom. The van der Waals surface area contributed by atoms with Crippen LogP contribution in [0.15, 0.2) is 24.3 Å². The SMILES string of the molecule is CCc1cccc2c1C=CC2=C=O. The van der Waals surface area contributed by atoms with Crippen LogP contribution in [0.5, 0.6) is 0 Å². The summed E-state index contributed by atoms with van der Waals surface area (Å²) in [5.41, 5.74) is 4.17. The summed E-state index contributed by atoms with van der Waals surface area (Å²) in [5, 5.41) is 0. The van der Waals surface area contributed by atoms with Gasteiger partial charge in [0.15, 0.2) is 0 Å². The molecule has 1 heteroatoms. The molecule has 0 atom stereocenters. The van der Waals surface area contributed by atoms with Gasteiger partial charge in [0.25, 0.3) is 0 Å². The first kappa shape index (κ1) is 8.03. The second-order valence-electron chi connectivity index (χ2n) is 3.08. The van der Waals surface area contributed by atoms with Crippen molar-refractivity contribution >= 4 is 17.6 Å². The summed E-state index contributed by atoms with van der Waals surface area (Å²) in [7, 11) is 0. The summed E-state index contributed by atoms with van der Waals surface area (Å²) in [4.78, 5) is 10.6. The van der Waals surface area contributed by atoms with Gasteiger partial charge in [0.1, 0.15) is 5.94 Å². The fraction of sp³-hybridized carbons (Fsp3) is 0.167. The van der Waals surface area contributed by atoms with Crippen molar-refractivity contribution in [3.8, 4) is 0 Å². The van der Waals surface area contributed by atoms with Gasteiger partial charge in [-0.3, -0.25) is 0 Å². The largest absolute Gasteiger partial charge is 0.233 e. The smallest absolute Gasteiger partial charge is 0.133 e. The van der Waals surface area contributed by atoms with E-state index < -0.39 is 0 Å². The lowest BCUT2D eigenvalue weighted by atomic mass is 10.0. The quantitative estimate of drug-likeness (QED) is 0.592. The van der Waals surface area contributed by atoms with Gasteiger partial charge in [0, 0.05) is 5.56 Å². The molecule has 0 amide bonds. The molecule has 1 aliphatic carbocycles. The molecule has 1 aromatic rings. The van der Waals surface area contributed by atoms with Crippen LogP contribution in [0.3, 0.4) is 0 Å². The van der Waals surface area contributed by atoms with Gasteiger partial charge in [-0.05, 0) is 23.6 Å². The highest BCUT2D eigenvalue weighted by molar-refractivity contribution is 6.02. The van der Waals surface area contributed by atoms with Crippen molar-refractivity contribution in [2.75, 3.05) is 0 Å². The molecule has 0 radical (unpaired) electrons. The third-order valence-corrected chi connectivity index (χ3v) is 2.39. The maximum Gasteiger partial charge on any atom is 0.133 e. The van der Waals surface area contributed by atoms with Gasteiger partial charge in [0.2, 0.25) is 0 Å². The zero-order valence-electron chi connectivity index (χ0n) is 7.50. The summed E-state index contributed by atoms with van der Waals surface area (Å²) in [5.74, 6) is 1.95. The molecule has 2 rings (SSSR count). The maximum absolute atomic E-state index is 10.6. The second kappa shape index (κ2) is 3.04. The van der Waals surface area contributed by atoms with Gasteiger partial charge in [-0.2, -0.15) is 0 Å². The summed E-state index contributed by atoms with van der Waals surface area (Å²) in [6.45, 7) is 2.12. The lowest BCUT2D eigenvalue weighted by Crippen LogP contribution is -1.88. The fourth-order valence-electron chi connectivity index (χ4n) is 1.70. The number of aryl methyl sites for hydroxylation is 1. The average molecular weight is 170 g/mol. The monoisotopic (exact) mass is 170 g/mol. The zero-order chi connectivity index (χ0) is 9.26. The minimum Gasteiger partial charge on any atom is -0.233 e. The molecule has 0 N–H and O–H groups in total. The van der Waals surface area contributed by atoms with Crippen molar-refractivity contribution in [1.29, 1.82) is 0 Å².